The highest BCUT2D eigenvalue weighted by atomic mass is 16.6. The van der Waals surface area contributed by atoms with E-state index in [4.69, 9.17) is 0 Å². The van der Waals surface area contributed by atoms with Crippen LogP contribution in [0.5, 0.6) is 0 Å². The molecule has 0 saturated heterocycles. The summed E-state index contributed by atoms with van der Waals surface area (Å²) in [7, 11) is 0. The third kappa shape index (κ3) is 1.98. The molecule has 0 spiro atoms. The van der Waals surface area contributed by atoms with Crippen molar-refractivity contribution in [3.63, 3.8) is 0 Å². The molecule has 0 unspecified atom stereocenters. The molecule has 1 fully saturated rings. The molecule has 2 rings (SSSR count). The van der Waals surface area contributed by atoms with Crippen molar-refractivity contribution in [1.29, 1.82) is 0 Å². The van der Waals surface area contributed by atoms with Gasteiger partial charge in [-0.1, -0.05) is 19.3 Å². The highest BCUT2D eigenvalue weighted by molar-refractivity contribution is 5.25. The first-order valence-electron chi connectivity index (χ1n) is 5.55. The molecular formula is C11H14N2O3. The molecule has 0 amide bonds. The molecule has 1 saturated carbocycles. The monoisotopic (exact) mass is 222 g/mol. The van der Waals surface area contributed by atoms with Crippen LogP contribution < -0.4 is 5.56 Å². The van der Waals surface area contributed by atoms with Crippen LogP contribution >= 0.6 is 0 Å². The molecule has 0 aromatic carbocycles. The Bertz CT molecular complexity index is 447. The summed E-state index contributed by atoms with van der Waals surface area (Å²) in [6, 6.07) is 2.98. The van der Waals surface area contributed by atoms with Gasteiger partial charge in [-0.3, -0.25) is 14.9 Å². The van der Waals surface area contributed by atoms with Crippen LogP contribution in [-0.2, 0) is 0 Å². The zero-order valence-electron chi connectivity index (χ0n) is 8.96. The van der Waals surface area contributed by atoms with Gasteiger partial charge in [0, 0.05) is 18.3 Å². The number of hydrogen-bond donors (Lipinski definition) is 0. The molecule has 0 atom stereocenters. The van der Waals surface area contributed by atoms with Crippen LogP contribution in [0.2, 0.25) is 0 Å². The lowest BCUT2D eigenvalue weighted by molar-refractivity contribution is -0.386. The fourth-order valence-electron chi connectivity index (χ4n) is 2.28. The van der Waals surface area contributed by atoms with Gasteiger partial charge in [0.15, 0.2) is 0 Å². The van der Waals surface area contributed by atoms with Gasteiger partial charge >= 0.3 is 11.2 Å². The van der Waals surface area contributed by atoms with Gasteiger partial charge in [0.05, 0.1) is 4.92 Å². The van der Waals surface area contributed by atoms with Crippen LogP contribution in [0.15, 0.2) is 23.1 Å². The van der Waals surface area contributed by atoms with Crippen molar-refractivity contribution in [1.82, 2.24) is 4.57 Å². The summed E-state index contributed by atoms with van der Waals surface area (Å²) in [6.45, 7) is 0. The van der Waals surface area contributed by atoms with Crippen LogP contribution in [-0.4, -0.2) is 9.49 Å². The predicted octanol–water partition coefficient (Wildman–Crippen LogP) is 2.26. The van der Waals surface area contributed by atoms with E-state index >= 15 is 0 Å². The molecule has 1 aliphatic rings. The third-order valence-corrected chi connectivity index (χ3v) is 3.12. The smallest absolute Gasteiger partial charge is 0.307 e. The fraction of sp³-hybridized carbons (Fsp3) is 0.545. The fourth-order valence-corrected chi connectivity index (χ4v) is 2.28. The number of hydrogen-bond acceptors (Lipinski definition) is 3. The first-order valence-corrected chi connectivity index (χ1v) is 5.55. The van der Waals surface area contributed by atoms with Gasteiger partial charge in [-0.15, -0.1) is 0 Å². The number of rotatable bonds is 2. The zero-order chi connectivity index (χ0) is 11.5. The van der Waals surface area contributed by atoms with Crippen molar-refractivity contribution in [3.05, 3.63) is 38.8 Å². The highest BCUT2D eigenvalue weighted by Crippen LogP contribution is 2.27. The number of nitrogens with zero attached hydrogens (tertiary/aromatic N) is 2. The van der Waals surface area contributed by atoms with Crippen molar-refractivity contribution >= 4 is 5.69 Å². The summed E-state index contributed by atoms with van der Waals surface area (Å²) < 4.78 is 1.53. The molecule has 1 heterocycles. The summed E-state index contributed by atoms with van der Waals surface area (Å²) in [5.41, 5.74) is -0.799. The molecule has 0 N–H and O–H groups in total. The second kappa shape index (κ2) is 4.47. The van der Waals surface area contributed by atoms with Crippen LogP contribution in [0.3, 0.4) is 0 Å². The van der Waals surface area contributed by atoms with Crippen LogP contribution in [0.1, 0.15) is 38.1 Å². The van der Waals surface area contributed by atoms with Gasteiger partial charge in [0.1, 0.15) is 0 Å². The molecule has 1 aliphatic carbocycles. The van der Waals surface area contributed by atoms with E-state index in [1.807, 2.05) is 0 Å². The molecule has 5 heteroatoms. The number of aromatic nitrogens is 1. The third-order valence-electron chi connectivity index (χ3n) is 3.12. The number of nitro groups is 1. The maximum Gasteiger partial charge on any atom is 0.334 e. The predicted molar refractivity (Wildman–Crippen MR) is 59.5 cm³/mol. The molecule has 1 aromatic heterocycles. The van der Waals surface area contributed by atoms with Gasteiger partial charge in [-0.25, -0.2) is 0 Å². The number of pyridine rings is 1. The van der Waals surface area contributed by atoms with Crippen LogP contribution in [0, 0.1) is 10.1 Å². The summed E-state index contributed by atoms with van der Waals surface area (Å²) >= 11 is 0. The van der Waals surface area contributed by atoms with Gasteiger partial charge in [0.25, 0.3) is 0 Å². The topological polar surface area (TPSA) is 65.1 Å². The van der Waals surface area contributed by atoms with E-state index in [9.17, 15) is 14.9 Å². The van der Waals surface area contributed by atoms with E-state index < -0.39 is 10.5 Å². The Kier molecular flexibility index (Phi) is 3.03. The van der Waals surface area contributed by atoms with Crippen LogP contribution in [0.25, 0.3) is 0 Å². The van der Waals surface area contributed by atoms with Crippen LogP contribution in [0.4, 0.5) is 5.69 Å². The van der Waals surface area contributed by atoms with E-state index in [1.54, 1.807) is 12.3 Å². The minimum Gasteiger partial charge on any atom is -0.307 e. The van der Waals surface area contributed by atoms with E-state index in [0.717, 1.165) is 25.7 Å². The van der Waals surface area contributed by atoms with Crippen molar-refractivity contribution in [3.8, 4) is 0 Å². The van der Waals surface area contributed by atoms with Crippen molar-refractivity contribution in [2.45, 2.75) is 38.1 Å². The molecular weight excluding hydrogens is 208 g/mol. The molecule has 5 nitrogen and oxygen atoms in total. The van der Waals surface area contributed by atoms with E-state index in [-0.39, 0.29) is 11.7 Å². The van der Waals surface area contributed by atoms with Crippen molar-refractivity contribution in [2.24, 2.45) is 0 Å². The standard InChI is InChI=1S/C11H14N2O3/c14-11-10(13(15)16)7-4-8-12(11)9-5-2-1-3-6-9/h4,7-9H,1-3,5-6H2. The largest absolute Gasteiger partial charge is 0.334 e. The quantitative estimate of drug-likeness (QED) is 0.569. The SMILES string of the molecule is O=c1c([N+](=O)[O-])cccn1C1CCCCC1. The summed E-state index contributed by atoms with van der Waals surface area (Å²) in [5, 5.41) is 10.6. The summed E-state index contributed by atoms with van der Waals surface area (Å²) in [6.07, 6.45) is 6.94. The maximum atomic E-state index is 11.8. The Morgan fingerprint density at radius 1 is 1.31 bits per heavy atom. The summed E-state index contributed by atoms with van der Waals surface area (Å²) in [5.74, 6) is 0. The Morgan fingerprint density at radius 3 is 2.62 bits per heavy atom. The maximum absolute atomic E-state index is 11.8. The second-order valence-corrected chi connectivity index (χ2v) is 4.15. The average molecular weight is 222 g/mol. The lowest BCUT2D eigenvalue weighted by Gasteiger charge is -2.23. The first-order chi connectivity index (χ1) is 7.70. The van der Waals surface area contributed by atoms with E-state index in [1.165, 1.54) is 17.1 Å². The Labute approximate surface area is 92.9 Å². The zero-order valence-corrected chi connectivity index (χ0v) is 8.96. The van der Waals surface area contributed by atoms with Gasteiger partial charge in [-0.2, -0.15) is 0 Å². The second-order valence-electron chi connectivity index (χ2n) is 4.15. The minimum atomic E-state index is -0.609. The first kappa shape index (κ1) is 10.9. The van der Waals surface area contributed by atoms with Crippen molar-refractivity contribution in [2.75, 3.05) is 0 Å². The molecule has 16 heavy (non-hydrogen) atoms. The van der Waals surface area contributed by atoms with E-state index in [2.05, 4.69) is 0 Å². The molecule has 0 bridgehead atoms. The average Bonchev–Trinajstić information content (AvgIpc) is 2.30. The molecule has 86 valence electrons. The van der Waals surface area contributed by atoms with Crippen molar-refractivity contribution < 1.29 is 4.92 Å². The Balaban J connectivity index is 2.37. The normalized spacial score (nSPS) is 17.2. The van der Waals surface area contributed by atoms with Gasteiger partial charge in [-0.05, 0) is 18.9 Å². The molecule has 0 aliphatic heterocycles. The Morgan fingerprint density at radius 2 is 2.00 bits per heavy atom. The van der Waals surface area contributed by atoms with Gasteiger partial charge in [0.2, 0.25) is 0 Å². The lowest BCUT2D eigenvalue weighted by atomic mass is 9.95. The molecule has 0 radical (unpaired) electrons. The molecule has 1 aromatic rings. The van der Waals surface area contributed by atoms with E-state index in [0.29, 0.717) is 0 Å². The van der Waals surface area contributed by atoms with Gasteiger partial charge < -0.3 is 4.57 Å². The Hall–Kier alpha value is -1.65. The minimum absolute atomic E-state index is 0.140. The summed E-state index contributed by atoms with van der Waals surface area (Å²) in [4.78, 5) is 21.9. The lowest BCUT2D eigenvalue weighted by Crippen LogP contribution is -2.27. The highest BCUT2D eigenvalue weighted by Gasteiger charge is 2.20.